The quantitative estimate of drug-likeness (QED) is 0.497. The lowest BCUT2D eigenvalue weighted by Crippen LogP contribution is -2.10. The molecule has 0 atom stereocenters. The van der Waals surface area contributed by atoms with E-state index in [1.54, 1.807) is 7.11 Å². The lowest BCUT2D eigenvalue weighted by Gasteiger charge is -2.13. The molecule has 0 radical (unpaired) electrons. The van der Waals surface area contributed by atoms with Gasteiger partial charge >= 0.3 is 0 Å². The average molecular weight is 389 g/mol. The van der Waals surface area contributed by atoms with Crippen LogP contribution in [-0.2, 0) is 24.3 Å². The van der Waals surface area contributed by atoms with Crippen LogP contribution in [0, 0.1) is 0 Å². The summed E-state index contributed by atoms with van der Waals surface area (Å²) in [6.07, 6.45) is 1.88. The van der Waals surface area contributed by atoms with Crippen LogP contribution in [0.4, 0.5) is 0 Å². The molecule has 8 nitrogen and oxygen atoms in total. The first-order valence-electron chi connectivity index (χ1n) is 9.62. The summed E-state index contributed by atoms with van der Waals surface area (Å²) in [5.41, 5.74) is 4.26. The molecule has 1 N–H and O–H groups in total. The first kappa shape index (κ1) is 18.9. The zero-order valence-electron chi connectivity index (χ0n) is 16.5. The Hall–Kier alpha value is -3.39. The normalized spacial score (nSPS) is 11.1. The molecule has 0 saturated carbocycles. The minimum atomic E-state index is 0.428. The predicted octanol–water partition coefficient (Wildman–Crippen LogP) is 3.27. The fourth-order valence-electron chi connectivity index (χ4n) is 3.41. The number of rotatable bonds is 8. The van der Waals surface area contributed by atoms with Crippen LogP contribution < -0.4 is 0 Å². The lowest BCUT2D eigenvalue weighted by molar-refractivity contribution is 0.174. The number of aromatic nitrogens is 7. The van der Waals surface area contributed by atoms with Gasteiger partial charge in [0.15, 0.2) is 11.6 Å². The van der Waals surface area contributed by atoms with Gasteiger partial charge in [-0.2, -0.15) is 0 Å². The molecule has 29 heavy (non-hydrogen) atoms. The second-order valence-electron chi connectivity index (χ2n) is 6.80. The van der Waals surface area contributed by atoms with Crippen molar-refractivity contribution in [3.05, 3.63) is 65.7 Å². The molecule has 0 bridgehead atoms. The Morgan fingerprint density at radius 2 is 1.79 bits per heavy atom. The highest BCUT2D eigenvalue weighted by Crippen LogP contribution is 2.31. The van der Waals surface area contributed by atoms with Gasteiger partial charge in [-0.15, -0.1) is 15.3 Å². The van der Waals surface area contributed by atoms with Crippen molar-refractivity contribution in [3.63, 3.8) is 0 Å². The van der Waals surface area contributed by atoms with Gasteiger partial charge in [0.1, 0.15) is 12.4 Å². The zero-order valence-corrected chi connectivity index (χ0v) is 16.5. The van der Waals surface area contributed by atoms with Crippen LogP contribution in [0.25, 0.3) is 22.5 Å². The van der Waals surface area contributed by atoms with Crippen molar-refractivity contribution >= 4 is 0 Å². The molecule has 0 unspecified atom stereocenters. The molecule has 2 aromatic carbocycles. The first-order chi connectivity index (χ1) is 14.3. The molecule has 4 aromatic rings. The Balaban J connectivity index is 1.75. The van der Waals surface area contributed by atoms with E-state index in [1.165, 1.54) is 0 Å². The molecule has 4 rings (SSSR count). The summed E-state index contributed by atoms with van der Waals surface area (Å²) < 4.78 is 7.43. The second kappa shape index (κ2) is 8.74. The summed E-state index contributed by atoms with van der Waals surface area (Å²) in [4.78, 5) is 0. The fraction of sp³-hybridized carbons (Fsp3) is 0.286. The Kier molecular flexibility index (Phi) is 5.71. The Morgan fingerprint density at radius 1 is 0.966 bits per heavy atom. The van der Waals surface area contributed by atoms with Gasteiger partial charge in [-0.25, -0.2) is 5.10 Å². The third-order valence-electron chi connectivity index (χ3n) is 4.76. The van der Waals surface area contributed by atoms with Gasteiger partial charge in [0.2, 0.25) is 0 Å². The summed E-state index contributed by atoms with van der Waals surface area (Å²) in [5, 5.41) is 23.2. The molecule has 2 heterocycles. The van der Waals surface area contributed by atoms with Crippen LogP contribution in [-0.4, -0.2) is 42.5 Å². The van der Waals surface area contributed by atoms with Crippen LogP contribution in [0.15, 0.2) is 48.5 Å². The highest BCUT2D eigenvalue weighted by molar-refractivity contribution is 5.80. The van der Waals surface area contributed by atoms with E-state index >= 15 is 0 Å². The number of hydrogen-bond donors (Lipinski definition) is 1. The number of hydrogen-bond acceptors (Lipinski definition) is 6. The first-order valence-corrected chi connectivity index (χ1v) is 9.62. The number of nitrogens with one attached hydrogen (secondary N) is 1. The third-order valence-corrected chi connectivity index (χ3v) is 4.76. The summed E-state index contributed by atoms with van der Waals surface area (Å²) in [6, 6.07) is 16.6. The number of nitrogens with zero attached hydrogens (tertiary/aromatic N) is 6. The van der Waals surface area contributed by atoms with Crippen molar-refractivity contribution in [3.8, 4) is 22.5 Å². The number of H-pyrrole nitrogens is 1. The van der Waals surface area contributed by atoms with E-state index < -0.39 is 0 Å². The van der Waals surface area contributed by atoms with Gasteiger partial charge < -0.3 is 9.30 Å². The number of ether oxygens (including phenoxy) is 1. The van der Waals surface area contributed by atoms with Crippen molar-refractivity contribution in [2.24, 2.45) is 0 Å². The second-order valence-corrected chi connectivity index (χ2v) is 6.80. The van der Waals surface area contributed by atoms with E-state index in [9.17, 15) is 0 Å². The lowest BCUT2D eigenvalue weighted by atomic mass is 9.97. The van der Waals surface area contributed by atoms with Crippen LogP contribution in [0.2, 0.25) is 0 Å². The molecule has 0 aliphatic rings. The number of aromatic amines is 1. The Bertz CT molecular complexity index is 1030. The van der Waals surface area contributed by atoms with Crippen molar-refractivity contribution in [2.75, 3.05) is 7.11 Å². The standard InChI is InChI=1S/C21H23N7O/c1-3-7-19-22-23-20(14-29-2)28(19)13-15-10-11-17(16-8-5-4-6-9-16)18(12-15)21-24-26-27-25-21/h4-6,8-12H,3,7,13-14H2,1-2H3,(H,24,25,26,27). The van der Waals surface area contributed by atoms with E-state index in [2.05, 4.69) is 72.6 Å². The van der Waals surface area contributed by atoms with Gasteiger partial charge in [-0.1, -0.05) is 49.4 Å². The molecule has 2 aromatic heterocycles. The molecule has 0 saturated heterocycles. The fourth-order valence-corrected chi connectivity index (χ4v) is 3.41. The molecule has 148 valence electrons. The van der Waals surface area contributed by atoms with Crippen molar-refractivity contribution < 1.29 is 4.74 Å². The van der Waals surface area contributed by atoms with Gasteiger partial charge in [-0.05, 0) is 39.6 Å². The Labute approximate surface area is 169 Å². The maximum absolute atomic E-state index is 5.30. The summed E-state index contributed by atoms with van der Waals surface area (Å²) >= 11 is 0. The summed E-state index contributed by atoms with van der Waals surface area (Å²) in [6.45, 7) is 3.22. The smallest absolute Gasteiger partial charge is 0.180 e. The number of benzene rings is 2. The number of tetrazole rings is 1. The summed E-state index contributed by atoms with van der Waals surface area (Å²) in [5.74, 6) is 2.43. The highest BCUT2D eigenvalue weighted by Gasteiger charge is 2.15. The van der Waals surface area contributed by atoms with E-state index in [1.807, 2.05) is 18.2 Å². The number of methoxy groups -OCH3 is 1. The van der Waals surface area contributed by atoms with Gasteiger partial charge in [0.05, 0.1) is 6.54 Å². The van der Waals surface area contributed by atoms with Gasteiger partial charge in [0.25, 0.3) is 0 Å². The maximum atomic E-state index is 5.30. The maximum Gasteiger partial charge on any atom is 0.180 e. The highest BCUT2D eigenvalue weighted by atomic mass is 16.5. The van der Waals surface area contributed by atoms with Crippen molar-refractivity contribution in [1.82, 2.24) is 35.4 Å². The molecule has 0 amide bonds. The predicted molar refractivity (Wildman–Crippen MR) is 109 cm³/mol. The monoisotopic (exact) mass is 389 g/mol. The van der Waals surface area contributed by atoms with E-state index in [0.29, 0.717) is 19.0 Å². The van der Waals surface area contributed by atoms with E-state index in [0.717, 1.165) is 46.7 Å². The van der Waals surface area contributed by atoms with Crippen LogP contribution in [0.1, 0.15) is 30.6 Å². The van der Waals surface area contributed by atoms with Crippen molar-refractivity contribution in [1.29, 1.82) is 0 Å². The molecule has 0 spiro atoms. The molecular weight excluding hydrogens is 366 g/mol. The number of aryl methyl sites for hydroxylation is 1. The van der Waals surface area contributed by atoms with Crippen LogP contribution in [0.3, 0.4) is 0 Å². The van der Waals surface area contributed by atoms with Gasteiger partial charge in [0, 0.05) is 19.1 Å². The van der Waals surface area contributed by atoms with E-state index in [4.69, 9.17) is 4.74 Å². The molecule has 8 heteroatoms. The largest absolute Gasteiger partial charge is 0.377 e. The molecule has 0 aliphatic carbocycles. The SMILES string of the molecule is CCCc1nnc(COC)n1Cc1ccc(-c2ccccc2)c(-c2nnn[nH]2)c1. The minimum Gasteiger partial charge on any atom is -0.377 e. The Morgan fingerprint density at radius 3 is 2.52 bits per heavy atom. The average Bonchev–Trinajstić information content (AvgIpc) is 3.41. The topological polar surface area (TPSA) is 94.4 Å². The van der Waals surface area contributed by atoms with E-state index in [-0.39, 0.29) is 0 Å². The third kappa shape index (κ3) is 4.07. The van der Waals surface area contributed by atoms with Gasteiger partial charge in [-0.3, -0.25) is 0 Å². The molecular formula is C21H23N7O. The molecule has 0 aliphatic heterocycles. The van der Waals surface area contributed by atoms with Crippen LogP contribution in [0.5, 0.6) is 0 Å². The molecule has 0 fully saturated rings. The van der Waals surface area contributed by atoms with Crippen molar-refractivity contribution in [2.45, 2.75) is 32.9 Å². The minimum absolute atomic E-state index is 0.428. The zero-order chi connectivity index (χ0) is 20.1. The summed E-state index contributed by atoms with van der Waals surface area (Å²) in [7, 11) is 1.67. The van der Waals surface area contributed by atoms with Crippen LogP contribution >= 0.6 is 0 Å².